The Morgan fingerprint density at radius 3 is 1.80 bits per heavy atom. The molecule has 0 aliphatic rings. The number of hydrogen-bond donors (Lipinski definition) is 1. The molecule has 0 fully saturated rings. The smallest absolute Gasteiger partial charge is 0.418 e. The van der Waals surface area contributed by atoms with E-state index < -0.39 is 76.0 Å². The first-order chi connectivity index (χ1) is 13.5. The van der Waals surface area contributed by atoms with Crippen molar-refractivity contribution in [1.82, 2.24) is 4.57 Å². The van der Waals surface area contributed by atoms with Crippen LogP contribution in [-0.4, -0.2) is 17.6 Å². The van der Waals surface area contributed by atoms with E-state index in [9.17, 15) is 44.3 Å². The van der Waals surface area contributed by atoms with Gasteiger partial charge in [-0.2, -0.15) is 44.8 Å². The highest BCUT2D eigenvalue weighted by Gasteiger charge is 2.46. The van der Waals surface area contributed by atoms with Gasteiger partial charge in [0.1, 0.15) is 6.07 Å². The lowest BCUT2D eigenvalue weighted by molar-refractivity contribution is -0.148. The number of halogens is 9. The highest BCUT2D eigenvalue weighted by atomic mass is 19.4. The van der Waals surface area contributed by atoms with Crippen molar-refractivity contribution in [3.8, 4) is 11.8 Å². The van der Waals surface area contributed by atoms with Crippen molar-refractivity contribution in [3.63, 3.8) is 0 Å². The molecule has 1 aromatic heterocycles. The molecule has 0 bridgehead atoms. The Hall–Kier alpha value is -3.37. The van der Waals surface area contributed by atoms with Gasteiger partial charge < -0.3 is 15.0 Å². The Kier molecular flexibility index (Phi) is 5.46. The molecule has 0 atom stereocenters. The number of rotatable bonds is 2. The molecule has 0 aliphatic heterocycles. The number of ether oxygens (including phenoxy) is 1. The SMILES string of the molecule is COC(=O)c1c(N)c(C#N)cn1-c1c(C(F)(F)F)cc(C(F)(F)F)cc1C(F)(F)F. The Morgan fingerprint density at radius 2 is 1.47 bits per heavy atom. The van der Waals surface area contributed by atoms with Crippen molar-refractivity contribution in [3.05, 3.63) is 46.3 Å². The minimum Gasteiger partial charge on any atom is -0.464 e. The molecule has 2 rings (SSSR count). The van der Waals surface area contributed by atoms with Gasteiger partial charge in [0.05, 0.1) is 40.7 Å². The van der Waals surface area contributed by atoms with Crippen LogP contribution in [0.15, 0.2) is 18.3 Å². The third-order valence-electron chi connectivity index (χ3n) is 3.83. The monoisotopic (exact) mass is 445 g/mol. The number of anilines is 1. The summed E-state index contributed by atoms with van der Waals surface area (Å²) in [6.07, 6.45) is -16.6. The van der Waals surface area contributed by atoms with Gasteiger partial charge in [0, 0.05) is 6.20 Å². The molecule has 2 N–H and O–H groups in total. The number of benzene rings is 1. The normalized spacial score (nSPS) is 12.6. The Balaban J connectivity index is 3.14. The van der Waals surface area contributed by atoms with Crippen LogP contribution in [0.1, 0.15) is 32.7 Å². The second-order valence-electron chi connectivity index (χ2n) is 5.69. The minimum absolute atomic E-state index is 0.0501. The molecular weight excluding hydrogens is 437 g/mol. The Bertz CT molecular complexity index is 1010. The molecule has 14 heteroatoms. The molecule has 0 spiro atoms. The van der Waals surface area contributed by atoms with Crippen molar-refractivity contribution in [2.45, 2.75) is 18.5 Å². The predicted molar refractivity (Wildman–Crippen MR) is 81.2 cm³/mol. The third kappa shape index (κ3) is 4.00. The van der Waals surface area contributed by atoms with Gasteiger partial charge in [0.2, 0.25) is 0 Å². The summed E-state index contributed by atoms with van der Waals surface area (Å²) < 4.78 is 124. The molecule has 0 radical (unpaired) electrons. The topological polar surface area (TPSA) is 81.0 Å². The highest BCUT2D eigenvalue weighted by molar-refractivity contribution is 5.96. The van der Waals surface area contributed by atoms with Crippen LogP contribution in [-0.2, 0) is 23.3 Å². The molecule has 0 amide bonds. The number of nitriles is 1. The van der Waals surface area contributed by atoms with E-state index in [0.29, 0.717) is 6.20 Å². The van der Waals surface area contributed by atoms with E-state index in [2.05, 4.69) is 4.74 Å². The van der Waals surface area contributed by atoms with E-state index in [4.69, 9.17) is 11.0 Å². The van der Waals surface area contributed by atoms with Crippen LogP contribution in [0.2, 0.25) is 0 Å². The van der Waals surface area contributed by atoms with Gasteiger partial charge in [-0.3, -0.25) is 0 Å². The third-order valence-corrected chi connectivity index (χ3v) is 3.83. The van der Waals surface area contributed by atoms with E-state index in [0.717, 1.165) is 7.11 Å². The van der Waals surface area contributed by atoms with Gasteiger partial charge in [-0.1, -0.05) is 0 Å². The molecule has 0 saturated carbocycles. The number of alkyl halides is 9. The first-order valence-corrected chi connectivity index (χ1v) is 7.43. The van der Waals surface area contributed by atoms with Crippen molar-refractivity contribution in [1.29, 1.82) is 5.26 Å². The number of nitrogen functional groups attached to an aromatic ring is 1. The zero-order valence-corrected chi connectivity index (χ0v) is 14.4. The van der Waals surface area contributed by atoms with Gasteiger partial charge in [-0.25, -0.2) is 4.79 Å². The highest BCUT2D eigenvalue weighted by Crippen LogP contribution is 2.46. The quantitative estimate of drug-likeness (QED) is 0.533. The van der Waals surface area contributed by atoms with Crippen LogP contribution in [0, 0.1) is 11.3 Å². The number of aromatic nitrogens is 1. The molecule has 0 unspecified atom stereocenters. The number of methoxy groups -OCH3 is 1. The summed E-state index contributed by atoms with van der Waals surface area (Å²) in [7, 11) is 0.729. The summed E-state index contributed by atoms with van der Waals surface area (Å²) in [6, 6.07) is 0.293. The molecule has 1 aromatic carbocycles. The maximum atomic E-state index is 13.5. The van der Waals surface area contributed by atoms with E-state index in [1.165, 1.54) is 6.07 Å². The van der Waals surface area contributed by atoms with E-state index in [1.54, 1.807) is 0 Å². The Labute approximate surface area is 161 Å². The van der Waals surface area contributed by atoms with E-state index in [-0.39, 0.29) is 4.57 Å². The van der Waals surface area contributed by atoms with Crippen LogP contribution in [0.25, 0.3) is 5.69 Å². The molecule has 1 heterocycles. The summed E-state index contributed by atoms with van der Waals surface area (Å²) in [6.45, 7) is 0. The molecule has 5 nitrogen and oxygen atoms in total. The van der Waals surface area contributed by atoms with Crippen LogP contribution in [0.5, 0.6) is 0 Å². The van der Waals surface area contributed by atoms with Crippen molar-refractivity contribution in [2.24, 2.45) is 0 Å². The van der Waals surface area contributed by atoms with Gasteiger partial charge in [0.25, 0.3) is 0 Å². The number of carbonyl (C=O) groups excluding carboxylic acids is 1. The fourth-order valence-corrected chi connectivity index (χ4v) is 2.58. The fourth-order valence-electron chi connectivity index (χ4n) is 2.58. The van der Waals surface area contributed by atoms with Crippen LogP contribution >= 0.6 is 0 Å². The predicted octanol–water partition coefficient (Wildman–Crippen LogP) is 4.77. The second-order valence-corrected chi connectivity index (χ2v) is 5.69. The number of nitrogens with two attached hydrogens (primary N) is 1. The van der Waals surface area contributed by atoms with Crippen LogP contribution in [0.3, 0.4) is 0 Å². The number of carbonyl (C=O) groups is 1. The summed E-state index contributed by atoms with van der Waals surface area (Å²) >= 11 is 0. The maximum absolute atomic E-state index is 13.5. The van der Waals surface area contributed by atoms with Gasteiger partial charge in [0.15, 0.2) is 5.69 Å². The number of nitrogens with zero attached hydrogens (tertiary/aromatic N) is 2. The van der Waals surface area contributed by atoms with Gasteiger partial charge in [-0.05, 0) is 12.1 Å². The lowest BCUT2D eigenvalue weighted by atomic mass is 10.0. The van der Waals surface area contributed by atoms with E-state index in [1.807, 2.05) is 0 Å². The number of hydrogen-bond acceptors (Lipinski definition) is 4. The molecule has 0 saturated heterocycles. The standard InChI is InChI=1S/C16H8F9N3O2/c1-30-13(29)12-10(27)6(4-26)5-28(12)11-8(15(20,21)22)2-7(14(17,18)19)3-9(11)16(23,24)25/h2-3,5H,27H2,1H3. The maximum Gasteiger partial charge on any atom is 0.418 e. The van der Waals surface area contributed by atoms with Crippen LogP contribution in [0.4, 0.5) is 45.2 Å². The summed E-state index contributed by atoms with van der Waals surface area (Å²) in [5.74, 6) is -1.52. The average molecular weight is 445 g/mol. The zero-order valence-electron chi connectivity index (χ0n) is 14.4. The summed E-state index contributed by atoms with van der Waals surface area (Å²) in [5.41, 5.74) is -5.93. The second kappa shape index (κ2) is 7.15. The molecule has 0 aliphatic carbocycles. The molecular formula is C16H8F9N3O2. The van der Waals surface area contributed by atoms with Crippen molar-refractivity contribution in [2.75, 3.05) is 12.8 Å². The first kappa shape index (κ1) is 22.9. The van der Waals surface area contributed by atoms with Gasteiger partial charge >= 0.3 is 24.5 Å². The minimum atomic E-state index is -5.71. The molecule has 2 aromatic rings. The summed E-state index contributed by atoms with van der Waals surface area (Å²) in [4.78, 5) is 11.9. The Morgan fingerprint density at radius 1 is 1.00 bits per heavy atom. The van der Waals surface area contributed by atoms with E-state index >= 15 is 0 Å². The lowest BCUT2D eigenvalue weighted by Gasteiger charge is -2.23. The average Bonchev–Trinajstić information content (AvgIpc) is 2.93. The lowest BCUT2D eigenvalue weighted by Crippen LogP contribution is -2.22. The molecule has 162 valence electrons. The molecule has 30 heavy (non-hydrogen) atoms. The van der Waals surface area contributed by atoms with Gasteiger partial charge in [-0.15, -0.1) is 0 Å². The fraction of sp³-hybridized carbons (Fsp3) is 0.250. The zero-order chi connectivity index (χ0) is 23.2. The first-order valence-electron chi connectivity index (χ1n) is 7.43. The summed E-state index contributed by atoms with van der Waals surface area (Å²) in [5, 5.41) is 8.98. The number of esters is 1. The van der Waals surface area contributed by atoms with Crippen LogP contribution < -0.4 is 5.73 Å². The largest absolute Gasteiger partial charge is 0.464 e. The van der Waals surface area contributed by atoms with Crippen molar-refractivity contribution >= 4 is 11.7 Å². The van der Waals surface area contributed by atoms with Crippen molar-refractivity contribution < 1.29 is 49.0 Å².